The molecule has 0 unspecified atom stereocenters. The maximum atomic E-state index is 11.0. The van der Waals surface area contributed by atoms with Crippen molar-refractivity contribution in [2.75, 3.05) is 0 Å². The van der Waals surface area contributed by atoms with Gasteiger partial charge in [0.15, 0.2) is 0 Å². The van der Waals surface area contributed by atoms with Crippen molar-refractivity contribution in [3.63, 3.8) is 0 Å². The molecular formula is C8H9NaO3. The van der Waals surface area contributed by atoms with Crippen molar-refractivity contribution in [1.29, 1.82) is 0 Å². The van der Waals surface area contributed by atoms with E-state index in [9.17, 15) is 5.11 Å². The third-order valence-corrected chi connectivity index (χ3v) is 1.56. The van der Waals surface area contributed by atoms with E-state index in [4.69, 9.17) is 10.2 Å². The molecule has 0 aliphatic rings. The summed E-state index contributed by atoms with van der Waals surface area (Å²) in [5.41, 5.74) is 0.787. The normalized spacial score (nSPS) is 9.17. The predicted molar refractivity (Wildman–Crippen MR) is 37.7 cm³/mol. The smallest absolute Gasteiger partial charge is 0.872 e. The van der Waals surface area contributed by atoms with Gasteiger partial charge in [0.25, 0.3) is 0 Å². The van der Waals surface area contributed by atoms with E-state index in [1.165, 1.54) is 6.07 Å². The van der Waals surface area contributed by atoms with Crippen LogP contribution in [0.4, 0.5) is 0 Å². The number of hydrogen-bond donors (Lipinski definition) is 2. The largest absolute Gasteiger partial charge is 1.00 e. The molecule has 0 aliphatic heterocycles. The molecule has 60 valence electrons. The van der Waals surface area contributed by atoms with Gasteiger partial charge in [-0.2, -0.15) is 0 Å². The summed E-state index contributed by atoms with van der Waals surface area (Å²) in [5.74, 6) is -0.223. The Morgan fingerprint density at radius 2 is 1.83 bits per heavy atom. The van der Waals surface area contributed by atoms with E-state index < -0.39 is 0 Å². The summed E-state index contributed by atoms with van der Waals surface area (Å²) in [5, 5.41) is 28.4. The van der Waals surface area contributed by atoms with Crippen LogP contribution in [0, 0.1) is 0 Å². The molecule has 0 heterocycles. The Kier molecular flexibility index (Phi) is 5.53. The van der Waals surface area contributed by atoms with E-state index >= 15 is 0 Å². The molecule has 0 atom stereocenters. The fourth-order valence-corrected chi connectivity index (χ4v) is 0.939. The quantitative estimate of drug-likeness (QED) is 0.465. The molecule has 1 aromatic rings. The minimum absolute atomic E-state index is 0. The van der Waals surface area contributed by atoms with Gasteiger partial charge in [-0.05, 0) is 11.1 Å². The molecule has 3 nitrogen and oxygen atoms in total. The van der Waals surface area contributed by atoms with Crippen molar-refractivity contribution in [3.8, 4) is 5.75 Å². The van der Waals surface area contributed by atoms with Crippen LogP contribution >= 0.6 is 0 Å². The molecule has 0 aliphatic carbocycles. The molecule has 0 bridgehead atoms. The van der Waals surface area contributed by atoms with Gasteiger partial charge in [-0.3, -0.25) is 0 Å². The third-order valence-electron chi connectivity index (χ3n) is 1.56. The van der Waals surface area contributed by atoms with E-state index in [0.29, 0.717) is 5.56 Å². The zero-order chi connectivity index (χ0) is 8.27. The topological polar surface area (TPSA) is 63.5 Å². The number of rotatable bonds is 2. The summed E-state index contributed by atoms with van der Waals surface area (Å²) in [4.78, 5) is 0. The fraction of sp³-hybridized carbons (Fsp3) is 0.250. The Bertz CT molecular complexity index is 250. The maximum absolute atomic E-state index is 11.0. The van der Waals surface area contributed by atoms with Crippen LogP contribution in [0.25, 0.3) is 0 Å². The molecule has 0 saturated heterocycles. The van der Waals surface area contributed by atoms with Crippen LogP contribution in [-0.2, 0) is 13.2 Å². The van der Waals surface area contributed by atoms with Gasteiger partial charge in [-0.15, -0.1) is 5.75 Å². The molecule has 2 N–H and O–H groups in total. The monoisotopic (exact) mass is 176 g/mol. The van der Waals surface area contributed by atoms with E-state index in [0.717, 1.165) is 0 Å². The summed E-state index contributed by atoms with van der Waals surface area (Å²) in [7, 11) is 0. The first-order chi connectivity index (χ1) is 5.29. The third kappa shape index (κ3) is 2.47. The molecule has 1 rings (SSSR count). The van der Waals surface area contributed by atoms with Gasteiger partial charge in [0.1, 0.15) is 0 Å². The SMILES string of the molecule is [Na+].[O-]c1cccc(CO)c1CO. The van der Waals surface area contributed by atoms with Crippen LogP contribution in [-0.4, -0.2) is 10.2 Å². The van der Waals surface area contributed by atoms with Crippen LogP contribution in [0.5, 0.6) is 5.75 Å². The molecule has 0 spiro atoms. The number of benzene rings is 1. The minimum atomic E-state index is -0.310. The number of aliphatic hydroxyl groups excluding tert-OH is 2. The van der Waals surface area contributed by atoms with Gasteiger partial charge >= 0.3 is 29.6 Å². The second kappa shape index (κ2) is 5.56. The molecule has 0 saturated carbocycles. The van der Waals surface area contributed by atoms with Crippen LogP contribution < -0.4 is 34.7 Å². The summed E-state index contributed by atoms with van der Waals surface area (Å²) in [6, 6.07) is 4.55. The average Bonchev–Trinajstić information content (AvgIpc) is 2.04. The van der Waals surface area contributed by atoms with Crippen LogP contribution in [0.2, 0.25) is 0 Å². The number of hydrogen-bond acceptors (Lipinski definition) is 3. The first kappa shape index (κ1) is 11.9. The summed E-state index contributed by atoms with van der Waals surface area (Å²) < 4.78 is 0. The van der Waals surface area contributed by atoms with Gasteiger partial charge in [-0.1, -0.05) is 18.2 Å². The summed E-state index contributed by atoms with van der Waals surface area (Å²) in [6.45, 7) is -0.512. The Labute approximate surface area is 93.0 Å². The van der Waals surface area contributed by atoms with Gasteiger partial charge in [0.2, 0.25) is 0 Å². The van der Waals surface area contributed by atoms with Crippen LogP contribution in [0.15, 0.2) is 18.2 Å². The van der Waals surface area contributed by atoms with Crippen molar-refractivity contribution < 1.29 is 44.9 Å². The second-order valence-corrected chi connectivity index (χ2v) is 2.21. The standard InChI is InChI=1S/C8H10O3.Na/c9-4-6-2-1-3-8(11)7(6)5-10;/h1-3,9-11H,4-5H2;/q;+1/p-1. The van der Waals surface area contributed by atoms with Crippen molar-refractivity contribution in [2.45, 2.75) is 13.2 Å². The molecular weight excluding hydrogens is 167 g/mol. The second-order valence-electron chi connectivity index (χ2n) is 2.21. The molecule has 0 amide bonds. The zero-order valence-electron chi connectivity index (χ0n) is 6.95. The summed E-state index contributed by atoms with van der Waals surface area (Å²) in [6.07, 6.45) is 0. The zero-order valence-corrected chi connectivity index (χ0v) is 8.95. The average molecular weight is 176 g/mol. The fourth-order valence-electron chi connectivity index (χ4n) is 0.939. The molecule has 12 heavy (non-hydrogen) atoms. The van der Waals surface area contributed by atoms with Crippen molar-refractivity contribution in [3.05, 3.63) is 29.3 Å². The van der Waals surface area contributed by atoms with E-state index in [1.54, 1.807) is 12.1 Å². The first-order valence-corrected chi connectivity index (χ1v) is 3.29. The van der Waals surface area contributed by atoms with E-state index in [2.05, 4.69) is 0 Å². The van der Waals surface area contributed by atoms with Crippen LogP contribution in [0.3, 0.4) is 0 Å². The number of aliphatic hydroxyl groups is 2. The van der Waals surface area contributed by atoms with Crippen molar-refractivity contribution in [2.24, 2.45) is 0 Å². The Morgan fingerprint density at radius 1 is 1.17 bits per heavy atom. The summed E-state index contributed by atoms with van der Waals surface area (Å²) >= 11 is 0. The molecule has 1 aromatic carbocycles. The van der Waals surface area contributed by atoms with Gasteiger partial charge in [0, 0.05) is 0 Å². The first-order valence-electron chi connectivity index (χ1n) is 3.29. The van der Waals surface area contributed by atoms with E-state index in [-0.39, 0.29) is 54.1 Å². The molecule has 0 aromatic heterocycles. The predicted octanol–water partition coefficient (Wildman–Crippen LogP) is -3.25. The molecule has 0 radical (unpaired) electrons. The van der Waals surface area contributed by atoms with Crippen molar-refractivity contribution >= 4 is 0 Å². The van der Waals surface area contributed by atoms with Gasteiger partial charge in [0.05, 0.1) is 13.2 Å². The Balaban J connectivity index is 0.00000121. The van der Waals surface area contributed by atoms with E-state index in [1.807, 2.05) is 0 Å². The Morgan fingerprint density at radius 3 is 2.25 bits per heavy atom. The maximum Gasteiger partial charge on any atom is 1.00 e. The Hall–Kier alpha value is -0.0600. The van der Waals surface area contributed by atoms with Crippen molar-refractivity contribution in [1.82, 2.24) is 0 Å². The van der Waals surface area contributed by atoms with Crippen LogP contribution in [0.1, 0.15) is 11.1 Å². The minimum Gasteiger partial charge on any atom is -0.872 e. The van der Waals surface area contributed by atoms with Gasteiger partial charge in [-0.25, -0.2) is 0 Å². The molecule has 4 heteroatoms. The molecule has 0 fully saturated rings. The van der Waals surface area contributed by atoms with Gasteiger partial charge < -0.3 is 15.3 Å².